The van der Waals surface area contributed by atoms with Gasteiger partial charge >= 0.3 is 18.4 Å². The second-order valence-electron chi connectivity index (χ2n) is 8.14. The summed E-state index contributed by atoms with van der Waals surface area (Å²) >= 11 is 0. The van der Waals surface area contributed by atoms with Crippen LogP contribution in [-0.4, -0.2) is 41.1 Å². The third-order valence-corrected chi connectivity index (χ3v) is 5.89. The summed E-state index contributed by atoms with van der Waals surface area (Å²) in [6.45, 7) is 0.945. The van der Waals surface area contributed by atoms with Crippen molar-refractivity contribution in [2.75, 3.05) is 6.54 Å². The van der Waals surface area contributed by atoms with E-state index < -0.39 is 65.1 Å². The lowest BCUT2D eigenvalue weighted by Crippen LogP contribution is -2.36. The minimum atomic E-state index is -5.05. The average molecular weight is 507 g/mol. The van der Waals surface area contributed by atoms with Crippen LogP contribution >= 0.6 is 0 Å². The summed E-state index contributed by atoms with van der Waals surface area (Å²) in [5, 5.41) is 9.58. The minimum absolute atomic E-state index is 0.000610. The zero-order valence-electron chi connectivity index (χ0n) is 18.1. The number of benzene rings is 2. The third-order valence-electron chi connectivity index (χ3n) is 5.89. The van der Waals surface area contributed by atoms with E-state index in [9.17, 15) is 45.4 Å². The maximum Gasteiger partial charge on any atom is 0.416 e. The molecule has 0 bridgehead atoms. The van der Waals surface area contributed by atoms with Gasteiger partial charge in [-0.15, -0.1) is 0 Å². The molecular formula is C23H20F7NO4. The number of rotatable bonds is 6. The first-order chi connectivity index (χ1) is 16.2. The number of carbonyl (C=O) groups excluding carboxylic acids is 1. The van der Waals surface area contributed by atoms with Gasteiger partial charge in [-0.25, -0.2) is 9.18 Å². The van der Waals surface area contributed by atoms with Gasteiger partial charge in [0.2, 0.25) is 0 Å². The fourth-order valence-electron chi connectivity index (χ4n) is 4.28. The zero-order chi connectivity index (χ0) is 26.1. The van der Waals surface area contributed by atoms with Crippen molar-refractivity contribution in [2.24, 2.45) is 0 Å². The van der Waals surface area contributed by atoms with Crippen LogP contribution < -0.4 is 0 Å². The maximum absolute atomic E-state index is 13.4. The van der Waals surface area contributed by atoms with Gasteiger partial charge in [-0.05, 0) is 48.4 Å². The minimum Gasteiger partial charge on any atom is -0.465 e. The Kier molecular flexibility index (Phi) is 7.44. The van der Waals surface area contributed by atoms with E-state index >= 15 is 0 Å². The molecule has 0 saturated carbocycles. The Morgan fingerprint density at radius 2 is 1.63 bits per heavy atom. The molecule has 0 aliphatic carbocycles. The van der Waals surface area contributed by atoms with E-state index in [0.717, 1.165) is 17.0 Å². The number of hydrogen-bond acceptors (Lipinski definition) is 3. The van der Waals surface area contributed by atoms with Crippen molar-refractivity contribution in [1.29, 1.82) is 0 Å². The van der Waals surface area contributed by atoms with E-state index in [1.165, 1.54) is 19.1 Å². The van der Waals surface area contributed by atoms with E-state index in [1.54, 1.807) is 0 Å². The molecule has 0 radical (unpaired) electrons. The van der Waals surface area contributed by atoms with Crippen LogP contribution in [0.5, 0.6) is 0 Å². The topological polar surface area (TPSA) is 66.8 Å². The van der Waals surface area contributed by atoms with Crippen molar-refractivity contribution in [2.45, 2.75) is 49.9 Å². The highest BCUT2D eigenvalue weighted by Crippen LogP contribution is 2.41. The summed E-state index contributed by atoms with van der Waals surface area (Å²) in [5.41, 5.74) is -3.03. The molecule has 0 unspecified atom stereocenters. The third kappa shape index (κ3) is 5.92. The highest BCUT2D eigenvalue weighted by Gasteiger charge is 2.46. The Morgan fingerprint density at radius 1 is 1.09 bits per heavy atom. The van der Waals surface area contributed by atoms with Crippen molar-refractivity contribution in [1.82, 2.24) is 4.90 Å². The van der Waals surface area contributed by atoms with Gasteiger partial charge in [-0.3, -0.25) is 0 Å². The number of alkyl halides is 6. The summed E-state index contributed by atoms with van der Waals surface area (Å²) in [5.74, 6) is -1.41. The molecule has 0 aromatic heterocycles. The second-order valence-corrected chi connectivity index (χ2v) is 8.14. The van der Waals surface area contributed by atoms with Crippen molar-refractivity contribution in [3.8, 4) is 0 Å². The summed E-state index contributed by atoms with van der Waals surface area (Å²) in [6.07, 6.45) is -13.6. The standard InChI is InChI=1S/C23H20F7NO4/c1-12(14-8-15(22(25,26)27)10-16(9-14)23(28,29)30)35-19-11-31(21(33)34)18(6-7-32)20(19)13-2-4-17(24)5-3-13/h2-5,7-10,12,18-20H,6,11H2,1H3,(H,33,34)/t12-,18+,19+,20+/m1/s1. The average Bonchev–Trinajstić information content (AvgIpc) is 3.11. The predicted octanol–water partition coefficient (Wildman–Crippen LogP) is 6.04. The molecule has 4 atom stereocenters. The molecule has 1 N–H and O–H groups in total. The Balaban J connectivity index is 2.01. The molecule has 1 amide bonds. The summed E-state index contributed by atoms with van der Waals surface area (Å²) in [6, 6.07) is 5.09. The molecule has 5 nitrogen and oxygen atoms in total. The van der Waals surface area contributed by atoms with E-state index in [0.29, 0.717) is 24.0 Å². The highest BCUT2D eigenvalue weighted by atomic mass is 19.4. The highest BCUT2D eigenvalue weighted by molar-refractivity contribution is 5.67. The SMILES string of the molecule is C[C@@H](O[C@H]1CN(C(=O)O)[C@@H](CC=O)[C@@H]1c1ccc(F)cc1)c1cc(C(F)(F)F)cc(C(F)(F)F)c1. The lowest BCUT2D eigenvalue weighted by molar-refractivity contribution is -0.143. The normalized spacial score (nSPS) is 21.7. The molecule has 1 aliphatic heterocycles. The van der Waals surface area contributed by atoms with Gasteiger partial charge < -0.3 is 19.5 Å². The summed E-state index contributed by atoms with van der Waals surface area (Å²) in [7, 11) is 0. The smallest absolute Gasteiger partial charge is 0.416 e. The molecule has 1 aliphatic rings. The molecule has 2 aromatic carbocycles. The quantitative estimate of drug-likeness (QED) is 0.382. The van der Waals surface area contributed by atoms with Gasteiger partial charge in [0.1, 0.15) is 12.1 Å². The van der Waals surface area contributed by atoms with Crippen LogP contribution in [0.3, 0.4) is 0 Å². The Bertz CT molecular complexity index is 1040. The number of carboxylic acid groups (broad SMARTS) is 1. The Hall–Kier alpha value is -3.15. The molecule has 1 fully saturated rings. The zero-order valence-corrected chi connectivity index (χ0v) is 18.1. The number of hydrogen-bond donors (Lipinski definition) is 1. The van der Waals surface area contributed by atoms with Crippen LogP contribution in [0.2, 0.25) is 0 Å². The van der Waals surface area contributed by atoms with Gasteiger partial charge in [-0.2, -0.15) is 26.3 Å². The first-order valence-corrected chi connectivity index (χ1v) is 10.4. The Labute approximate surface area is 195 Å². The molecule has 35 heavy (non-hydrogen) atoms. The molecular weight excluding hydrogens is 487 g/mol. The fourth-order valence-corrected chi connectivity index (χ4v) is 4.28. The summed E-state index contributed by atoms with van der Waals surface area (Å²) < 4.78 is 98.8. The van der Waals surface area contributed by atoms with E-state index in [2.05, 4.69) is 0 Å². The van der Waals surface area contributed by atoms with Gasteiger partial charge in [0.15, 0.2) is 0 Å². The molecule has 12 heteroatoms. The molecule has 0 spiro atoms. The molecule has 1 saturated heterocycles. The van der Waals surface area contributed by atoms with Gasteiger partial charge in [-0.1, -0.05) is 12.1 Å². The van der Waals surface area contributed by atoms with Crippen molar-refractivity contribution >= 4 is 12.4 Å². The number of halogens is 7. The number of ether oxygens (including phenoxy) is 1. The fraction of sp³-hybridized carbons (Fsp3) is 0.391. The van der Waals surface area contributed by atoms with Crippen molar-refractivity contribution in [3.63, 3.8) is 0 Å². The summed E-state index contributed by atoms with van der Waals surface area (Å²) in [4.78, 5) is 23.9. The lowest BCUT2D eigenvalue weighted by atomic mass is 9.88. The molecule has 2 aromatic rings. The number of aldehydes is 1. The monoisotopic (exact) mass is 507 g/mol. The Morgan fingerprint density at radius 3 is 2.09 bits per heavy atom. The first-order valence-electron chi connectivity index (χ1n) is 10.4. The molecule has 1 heterocycles. The predicted molar refractivity (Wildman–Crippen MR) is 108 cm³/mol. The maximum atomic E-state index is 13.4. The van der Waals surface area contributed by atoms with E-state index in [-0.39, 0.29) is 19.0 Å². The largest absolute Gasteiger partial charge is 0.465 e. The molecule has 190 valence electrons. The molecule has 3 rings (SSSR count). The van der Waals surface area contributed by atoms with Crippen molar-refractivity contribution < 1.29 is 50.2 Å². The lowest BCUT2D eigenvalue weighted by Gasteiger charge is -2.27. The van der Waals surface area contributed by atoms with Crippen LogP contribution in [0.1, 0.15) is 47.6 Å². The van der Waals surface area contributed by atoms with Gasteiger partial charge in [0, 0.05) is 12.3 Å². The van der Waals surface area contributed by atoms with E-state index in [4.69, 9.17) is 4.74 Å². The number of likely N-dealkylation sites (tertiary alicyclic amines) is 1. The van der Waals surface area contributed by atoms with Crippen molar-refractivity contribution in [3.05, 3.63) is 70.5 Å². The van der Waals surface area contributed by atoms with E-state index in [1.807, 2.05) is 0 Å². The second kappa shape index (κ2) is 9.84. The van der Waals surface area contributed by atoms with Crippen LogP contribution in [0, 0.1) is 5.82 Å². The van der Waals surface area contributed by atoms with Crippen LogP contribution in [-0.2, 0) is 21.9 Å². The number of amides is 1. The number of carbonyl (C=O) groups is 2. The number of nitrogens with zero attached hydrogens (tertiary/aromatic N) is 1. The first kappa shape index (κ1) is 26.5. The van der Waals surface area contributed by atoms with Gasteiger partial charge in [0.25, 0.3) is 0 Å². The van der Waals surface area contributed by atoms with Crippen LogP contribution in [0.25, 0.3) is 0 Å². The van der Waals surface area contributed by atoms with Crippen LogP contribution in [0.4, 0.5) is 35.5 Å². The van der Waals surface area contributed by atoms with Crippen LogP contribution in [0.15, 0.2) is 42.5 Å². The van der Waals surface area contributed by atoms with Gasteiger partial charge in [0.05, 0.1) is 35.9 Å².